The van der Waals surface area contributed by atoms with Crippen molar-refractivity contribution in [2.24, 2.45) is 5.73 Å². The first-order chi connectivity index (χ1) is 8.70. The van der Waals surface area contributed by atoms with Crippen LogP contribution < -0.4 is 5.73 Å². The minimum absolute atomic E-state index is 0.309. The lowest BCUT2D eigenvalue weighted by Gasteiger charge is -2.04. The highest BCUT2D eigenvalue weighted by atomic mass is 35.5. The summed E-state index contributed by atoms with van der Waals surface area (Å²) in [6, 6.07) is 4.27. The van der Waals surface area contributed by atoms with E-state index in [0.717, 1.165) is 0 Å². The van der Waals surface area contributed by atoms with Crippen LogP contribution in [0.5, 0.6) is 0 Å². The van der Waals surface area contributed by atoms with E-state index in [2.05, 4.69) is 15.5 Å². The standard InChI is InChI=1S/C10H11ClFN5S/c11-9-2-1-8(12)5-7(9)6-18-10-14-15-16-17(10)4-3-13/h1-2,5H,3-4,6,13H2. The number of benzene rings is 1. The molecule has 2 aromatic rings. The lowest BCUT2D eigenvalue weighted by atomic mass is 10.2. The lowest BCUT2D eigenvalue weighted by Crippen LogP contribution is -2.12. The quantitative estimate of drug-likeness (QED) is 0.848. The monoisotopic (exact) mass is 287 g/mol. The Morgan fingerprint density at radius 3 is 3.06 bits per heavy atom. The molecule has 0 saturated heterocycles. The molecular formula is C10H11ClFN5S. The SMILES string of the molecule is NCCn1nnnc1SCc1cc(F)ccc1Cl. The van der Waals surface area contributed by atoms with Crippen LogP contribution in [0.4, 0.5) is 4.39 Å². The number of nitrogens with two attached hydrogens (primary N) is 1. The molecule has 0 aliphatic carbocycles. The number of hydrogen-bond donors (Lipinski definition) is 1. The first kappa shape index (κ1) is 13.3. The molecule has 2 N–H and O–H groups in total. The Kier molecular flexibility index (Phi) is 4.51. The topological polar surface area (TPSA) is 69.6 Å². The van der Waals surface area contributed by atoms with Gasteiger partial charge in [-0.05, 0) is 34.2 Å². The van der Waals surface area contributed by atoms with E-state index in [9.17, 15) is 4.39 Å². The summed E-state index contributed by atoms with van der Waals surface area (Å²) < 4.78 is 14.7. The van der Waals surface area contributed by atoms with E-state index >= 15 is 0 Å². The molecule has 0 aliphatic heterocycles. The van der Waals surface area contributed by atoms with Crippen molar-refractivity contribution in [1.82, 2.24) is 20.2 Å². The largest absolute Gasteiger partial charge is 0.329 e. The highest BCUT2D eigenvalue weighted by molar-refractivity contribution is 7.98. The predicted octanol–water partition coefficient (Wildman–Crippen LogP) is 1.72. The van der Waals surface area contributed by atoms with Crippen LogP contribution in [-0.2, 0) is 12.3 Å². The zero-order valence-corrected chi connectivity index (χ0v) is 11.0. The molecule has 0 spiro atoms. The molecule has 0 bridgehead atoms. The summed E-state index contributed by atoms with van der Waals surface area (Å²) in [6.45, 7) is 1.01. The van der Waals surface area contributed by atoms with Gasteiger partial charge in [0.2, 0.25) is 5.16 Å². The first-order valence-electron chi connectivity index (χ1n) is 5.23. The minimum atomic E-state index is -0.309. The summed E-state index contributed by atoms with van der Waals surface area (Å²) in [5, 5.41) is 12.4. The maximum atomic E-state index is 13.1. The van der Waals surface area contributed by atoms with Gasteiger partial charge in [-0.2, -0.15) is 0 Å². The molecule has 96 valence electrons. The lowest BCUT2D eigenvalue weighted by molar-refractivity contribution is 0.557. The second kappa shape index (κ2) is 6.12. The summed E-state index contributed by atoms with van der Waals surface area (Å²) in [5.41, 5.74) is 6.16. The van der Waals surface area contributed by atoms with Gasteiger partial charge in [0, 0.05) is 17.3 Å². The Morgan fingerprint density at radius 1 is 1.44 bits per heavy atom. The fraction of sp³-hybridized carbons (Fsp3) is 0.300. The molecule has 0 saturated carbocycles. The third kappa shape index (κ3) is 3.18. The van der Waals surface area contributed by atoms with Crippen molar-refractivity contribution in [3.8, 4) is 0 Å². The average molecular weight is 288 g/mol. The fourth-order valence-electron chi connectivity index (χ4n) is 1.36. The zero-order chi connectivity index (χ0) is 13.0. The molecule has 2 rings (SSSR count). The molecule has 5 nitrogen and oxygen atoms in total. The maximum absolute atomic E-state index is 13.1. The van der Waals surface area contributed by atoms with Crippen LogP contribution in [0.15, 0.2) is 23.4 Å². The van der Waals surface area contributed by atoms with Crippen molar-refractivity contribution in [2.75, 3.05) is 6.54 Å². The van der Waals surface area contributed by atoms with E-state index < -0.39 is 0 Å². The van der Waals surface area contributed by atoms with Gasteiger partial charge in [0.05, 0.1) is 6.54 Å². The van der Waals surface area contributed by atoms with Crippen LogP contribution in [0.2, 0.25) is 5.02 Å². The normalized spacial score (nSPS) is 10.8. The minimum Gasteiger partial charge on any atom is -0.329 e. The molecular weight excluding hydrogens is 277 g/mol. The van der Waals surface area contributed by atoms with Gasteiger partial charge < -0.3 is 5.73 Å². The van der Waals surface area contributed by atoms with Gasteiger partial charge in [0.15, 0.2) is 0 Å². The van der Waals surface area contributed by atoms with Crippen molar-refractivity contribution < 1.29 is 4.39 Å². The Morgan fingerprint density at radius 2 is 2.28 bits per heavy atom. The van der Waals surface area contributed by atoms with Crippen molar-refractivity contribution in [3.05, 3.63) is 34.6 Å². The van der Waals surface area contributed by atoms with Gasteiger partial charge >= 0.3 is 0 Å². The van der Waals surface area contributed by atoms with Crippen molar-refractivity contribution in [2.45, 2.75) is 17.5 Å². The third-order valence-electron chi connectivity index (χ3n) is 2.20. The van der Waals surface area contributed by atoms with Crippen molar-refractivity contribution in [1.29, 1.82) is 0 Å². The van der Waals surface area contributed by atoms with Gasteiger partial charge in [-0.1, -0.05) is 23.4 Å². The summed E-state index contributed by atoms with van der Waals surface area (Å²) in [6.07, 6.45) is 0. The van der Waals surface area contributed by atoms with E-state index in [-0.39, 0.29) is 5.82 Å². The third-order valence-corrected chi connectivity index (χ3v) is 3.58. The molecule has 0 amide bonds. The zero-order valence-electron chi connectivity index (χ0n) is 9.38. The molecule has 8 heteroatoms. The molecule has 0 aliphatic rings. The van der Waals surface area contributed by atoms with E-state index in [0.29, 0.717) is 34.6 Å². The Bertz CT molecular complexity index is 533. The van der Waals surface area contributed by atoms with Gasteiger partial charge in [0.1, 0.15) is 5.82 Å². The Labute approximate surface area is 112 Å². The molecule has 18 heavy (non-hydrogen) atoms. The molecule has 1 heterocycles. The number of aromatic nitrogens is 4. The number of tetrazole rings is 1. The summed E-state index contributed by atoms with van der Waals surface area (Å²) in [4.78, 5) is 0. The number of rotatable bonds is 5. The summed E-state index contributed by atoms with van der Waals surface area (Å²) in [5.74, 6) is 0.193. The average Bonchev–Trinajstić information content (AvgIpc) is 2.78. The smallest absolute Gasteiger partial charge is 0.209 e. The number of halogens is 2. The summed E-state index contributed by atoms with van der Waals surface area (Å²) in [7, 11) is 0. The van der Waals surface area contributed by atoms with Gasteiger partial charge in [-0.25, -0.2) is 9.07 Å². The van der Waals surface area contributed by atoms with Gasteiger partial charge in [0.25, 0.3) is 0 Å². The number of hydrogen-bond acceptors (Lipinski definition) is 5. The van der Waals surface area contributed by atoms with E-state index in [1.165, 1.54) is 30.0 Å². The van der Waals surface area contributed by atoms with Crippen LogP contribution in [0.1, 0.15) is 5.56 Å². The first-order valence-corrected chi connectivity index (χ1v) is 6.60. The molecule has 1 aromatic carbocycles. The van der Waals surface area contributed by atoms with E-state index in [1.807, 2.05) is 0 Å². The molecule has 0 fully saturated rings. The molecule has 1 aromatic heterocycles. The molecule has 0 unspecified atom stereocenters. The molecule has 0 atom stereocenters. The fourth-order valence-corrected chi connectivity index (χ4v) is 2.52. The van der Waals surface area contributed by atoms with Crippen molar-refractivity contribution in [3.63, 3.8) is 0 Å². The van der Waals surface area contributed by atoms with Gasteiger partial charge in [-0.3, -0.25) is 0 Å². The maximum Gasteiger partial charge on any atom is 0.209 e. The Balaban J connectivity index is 2.06. The number of thioether (sulfide) groups is 1. The molecule has 0 radical (unpaired) electrons. The van der Waals surface area contributed by atoms with Crippen LogP contribution in [-0.4, -0.2) is 26.8 Å². The van der Waals surface area contributed by atoms with E-state index in [4.69, 9.17) is 17.3 Å². The second-order valence-electron chi connectivity index (χ2n) is 3.50. The van der Waals surface area contributed by atoms with Gasteiger partial charge in [-0.15, -0.1) is 5.10 Å². The highest BCUT2D eigenvalue weighted by Gasteiger charge is 2.08. The van der Waals surface area contributed by atoms with Crippen LogP contribution >= 0.6 is 23.4 Å². The highest BCUT2D eigenvalue weighted by Crippen LogP contribution is 2.25. The van der Waals surface area contributed by atoms with Crippen molar-refractivity contribution >= 4 is 23.4 Å². The second-order valence-corrected chi connectivity index (χ2v) is 4.85. The number of nitrogens with zero attached hydrogens (tertiary/aromatic N) is 4. The predicted molar refractivity (Wildman–Crippen MR) is 67.8 cm³/mol. The van der Waals surface area contributed by atoms with Crippen LogP contribution in [0.25, 0.3) is 0 Å². The van der Waals surface area contributed by atoms with Crippen LogP contribution in [0.3, 0.4) is 0 Å². The Hall–Kier alpha value is -1.18. The summed E-state index contributed by atoms with van der Waals surface area (Å²) >= 11 is 7.37. The van der Waals surface area contributed by atoms with E-state index in [1.54, 1.807) is 4.68 Å². The van der Waals surface area contributed by atoms with Crippen LogP contribution in [0, 0.1) is 5.82 Å².